The number of fused-ring (bicyclic) bond motifs is 6. The lowest BCUT2D eigenvalue weighted by Gasteiger charge is -2.62. The van der Waals surface area contributed by atoms with Gasteiger partial charge in [0, 0.05) is 12.8 Å². The quantitative estimate of drug-likeness (QED) is 0.192. The van der Waals surface area contributed by atoms with Crippen LogP contribution in [0.2, 0.25) is 0 Å². The fraction of sp³-hybridized carbons (Fsp3) is 0.778. The Balaban J connectivity index is 1.00. The van der Waals surface area contributed by atoms with Crippen molar-refractivity contribution in [1.82, 2.24) is 19.5 Å². The third-order valence-corrected chi connectivity index (χ3v) is 14.0. The van der Waals surface area contributed by atoms with E-state index < -0.39 is 36.6 Å². The minimum absolute atomic E-state index is 0.102. The van der Waals surface area contributed by atoms with Crippen molar-refractivity contribution in [3.63, 3.8) is 0 Å². The lowest BCUT2D eigenvalue weighted by Crippen LogP contribution is -2.58. The van der Waals surface area contributed by atoms with E-state index in [1.807, 2.05) is 0 Å². The summed E-state index contributed by atoms with van der Waals surface area (Å²) in [4.78, 5) is 24.8. The van der Waals surface area contributed by atoms with Crippen LogP contribution >= 0.6 is 0 Å². The fourth-order valence-corrected chi connectivity index (χ4v) is 11.4. The molecule has 4 saturated carbocycles. The molecule has 0 amide bonds. The average molecular weight is 668 g/mol. The summed E-state index contributed by atoms with van der Waals surface area (Å²) in [5.41, 5.74) is 4.83. The molecule has 0 spiro atoms. The predicted octanol–water partition coefficient (Wildman–Crippen LogP) is 4.15. The molecule has 5 fully saturated rings. The molecule has 1 aliphatic heterocycles. The second kappa shape index (κ2) is 12.2. The lowest BCUT2D eigenvalue weighted by atomic mass is 9.43. The van der Waals surface area contributed by atoms with E-state index in [2.05, 4.69) is 41.6 Å². The first-order chi connectivity index (χ1) is 22.8. The summed E-state index contributed by atoms with van der Waals surface area (Å²) in [6, 6.07) is 0. The normalized spacial score (nSPS) is 42.8. The van der Waals surface area contributed by atoms with Crippen molar-refractivity contribution in [3.8, 4) is 12.3 Å². The number of carbonyl (C=O) groups is 1. The third-order valence-electron chi connectivity index (χ3n) is 14.0. The van der Waals surface area contributed by atoms with Gasteiger partial charge in [-0.05, 0) is 104 Å². The molecule has 262 valence electrons. The number of carbonyl (C=O) groups excluding carboxylic acids is 1. The standard InChI is InChI=1S/C36H50FN5O6/c1-5-36(17-43)26(16-27(48-36)42-18-39-30-31(38)40-33(37)41-32(30)42)47-28(46)9-6-19(2)22-7-8-23-29-24(11-13-35(22,23)4)34(3)12-10-21(44)14-20(34)15-25(29)45/h1,18-27,29,43-45H,6-17H2,2-4H3,(H2,38,40,41)/t19-,20+,21-,22-,23+,24+,25+,26+,27-,29+,34+,35-,36-/m1/s1. The number of halogens is 1. The summed E-state index contributed by atoms with van der Waals surface area (Å²) in [7, 11) is 0. The third kappa shape index (κ3) is 5.22. The fourth-order valence-electron chi connectivity index (χ4n) is 11.4. The van der Waals surface area contributed by atoms with E-state index in [1.54, 1.807) is 0 Å². The van der Waals surface area contributed by atoms with E-state index in [0.717, 1.165) is 51.4 Å². The van der Waals surface area contributed by atoms with Gasteiger partial charge in [0.25, 0.3) is 0 Å². The van der Waals surface area contributed by atoms with E-state index in [1.165, 1.54) is 10.9 Å². The summed E-state index contributed by atoms with van der Waals surface area (Å²) in [6.45, 7) is 6.51. The SMILES string of the molecule is C#C[C@]1(CO)O[C@@H](n2cnc3c(N)nc(F)nc32)C[C@@H]1OC(=O)CC[C@@H](C)[C@H]1CC[C@H]2[C@@H]3[C@@H](O)C[C@@H]4C[C@H](O)CC[C@]4(C)[C@H]3CC[C@]12C. The van der Waals surface area contributed by atoms with Crippen molar-refractivity contribution < 1.29 is 34.0 Å². The number of hydrogen-bond donors (Lipinski definition) is 4. The Morgan fingerprint density at radius 2 is 1.92 bits per heavy atom. The zero-order chi connectivity index (χ0) is 34.2. The number of hydrogen-bond acceptors (Lipinski definition) is 10. The van der Waals surface area contributed by atoms with Gasteiger partial charge in [0.05, 0.1) is 25.1 Å². The highest BCUT2D eigenvalue weighted by atomic mass is 19.1. The molecule has 0 unspecified atom stereocenters. The highest BCUT2D eigenvalue weighted by Crippen LogP contribution is 2.68. The number of imidazole rings is 1. The van der Waals surface area contributed by atoms with Crippen molar-refractivity contribution in [2.75, 3.05) is 12.3 Å². The molecule has 5 N–H and O–H groups in total. The van der Waals surface area contributed by atoms with Crippen LogP contribution < -0.4 is 5.73 Å². The van der Waals surface area contributed by atoms with E-state index in [4.69, 9.17) is 21.6 Å². The Hall–Kier alpha value is -2.85. The number of ether oxygens (including phenoxy) is 2. The number of rotatable bonds is 7. The Bertz CT molecular complexity index is 1600. The molecule has 11 nitrogen and oxygen atoms in total. The smallest absolute Gasteiger partial charge is 0.312 e. The van der Waals surface area contributed by atoms with Gasteiger partial charge in [-0.25, -0.2) is 4.98 Å². The molecule has 0 aromatic carbocycles. The molecular weight excluding hydrogens is 617 g/mol. The number of anilines is 1. The van der Waals surface area contributed by atoms with Gasteiger partial charge in [-0.15, -0.1) is 6.42 Å². The molecule has 5 aliphatic rings. The molecule has 48 heavy (non-hydrogen) atoms. The first-order valence-corrected chi connectivity index (χ1v) is 17.8. The lowest BCUT2D eigenvalue weighted by molar-refractivity contribution is -0.174. The maximum absolute atomic E-state index is 14.0. The van der Waals surface area contributed by atoms with Gasteiger partial charge in [0.2, 0.25) is 0 Å². The molecule has 2 aromatic rings. The zero-order valence-corrected chi connectivity index (χ0v) is 28.2. The van der Waals surface area contributed by atoms with Crippen molar-refractivity contribution in [2.24, 2.45) is 46.3 Å². The van der Waals surface area contributed by atoms with Crippen LogP contribution in [-0.2, 0) is 14.3 Å². The Kier molecular flexibility index (Phi) is 8.54. The number of esters is 1. The molecule has 12 heteroatoms. The minimum atomic E-state index is -1.59. The van der Waals surface area contributed by atoms with Gasteiger partial charge in [0.1, 0.15) is 12.3 Å². The van der Waals surface area contributed by atoms with Crippen molar-refractivity contribution >= 4 is 23.0 Å². The first-order valence-electron chi connectivity index (χ1n) is 17.8. The van der Waals surface area contributed by atoms with Crippen LogP contribution in [0.25, 0.3) is 11.2 Å². The van der Waals surface area contributed by atoms with Crippen molar-refractivity contribution in [1.29, 1.82) is 0 Å². The van der Waals surface area contributed by atoms with Crippen LogP contribution in [-0.4, -0.2) is 71.3 Å². The maximum atomic E-state index is 14.0. The minimum Gasteiger partial charge on any atom is -0.458 e. The predicted molar refractivity (Wildman–Crippen MR) is 174 cm³/mol. The maximum Gasteiger partial charge on any atom is 0.312 e. The molecule has 7 rings (SSSR count). The van der Waals surface area contributed by atoms with Crippen LogP contribution in [0, 0.1) is 64.8 Å². The Morgan fingerprint density at radius 3 is 2.67 bits per heavy atom. The molecule has 1 saturated heterocycles. The van der Waals surface area contributed by atoms with Crippen molar-refractivity contribution in [3.05, 3.63) is 12.4 Å². The highest BCUT2D eigenvalue weighted by molar-refractivity contribution is 5.81. The monoisotopic (exact) mass is 667 g/mol. The Morgan fingerprint density at radius 1 is 1.17 bits per heavy atom. The molecule has 2 aromatic heterocycles. The summed E-state index contributed by atoms with van der Waals surface area (Å²) in [5, 5.41) is 32.2. The summed E-state index contributed by atoms with van der Waals surface area (Å²) in [5.74, 6) is 4.30. The van der Waals surface area contributed by atoms with E-state index >= 15 is 0 Å². The molecule has 13 atom stereocenters. The topological polar surface area (TPSA) is 166 Å². The number of nitrogens with zero attached hydrogens (tertiary/aromatic N) is 4. The molecule has 3 heterocycles. The first kappa shape index (κ1) is 33.6. The van der Waals surface area contributed by atoms with Crippen LogP contribution in [0.3, 0.4) is 0 Å². The van der Waals surface area contributed by atoms with Crippen LogP contribution in [0.5, 0.6) is 0 Å². The number of nitrogens with two attached hydrogens (primary N) is 1. The van der Waals surface area contributed by atoms with Gasteiger partial charge in [-0.3, -0.25) is 9.36 Å². The second-order valence-corrected chi connectivity index (χ2v) is 16.1. The summed E-state index contributed by atoms with van der Waals surface area (Å²) >= 11 is 0. The number of terminal acetylenes is 1. The summed E-state index contributed by atoms with van der Waals surface area (Å²) in [6.07, 6.45) is 12.8. The Labute approximate surface area is 281 Å². The van der Waals surface area contributed by atoms with E-state index in [-0.39, 0.29) is 58.8 Å². The molecule has 4 aliphatic carbocycles. The van der Waals surface area contributed by atoms with Gasteiger partial charge in [0.15, 0.2) is 22.6 Å². The van der Waals surface area contributed by atoms with E-state index in [0.29, 0.717) is 36.0 Å². The molecule has 0 bridgehead atoms. The van der Waals surface area contributed by atoms with Crippen LogP contribution in [0.1, 0.15) is 97.6 Å². The van der Waals surface area contributed by atoms with Crippen LogP contribution in [0.4, 0.5) is 10.2 Å². The van der Waals surface area contributed by atoms with Gasteiger partial charge < -0.3 is 30.5 Å². The number of nitrogen functional groups attached to an aromatic ring is 1. The number of aliphatic hydroxyl groups excluding tert-OH is 3. The van der Waals surface area contributed by atoms with Gasteiger partial charge in [-0.1, -0.05) is 26.7 Å². The van der Waals surface area contributed by atoms with Gasteiger partial charge >= 0.3 is 12.0 Å². The number of aliphatic hydroxyl groups is 3. The second-order valence-electron chi connectivity index (χ2n) is 16.1. The number of aromatic nitrogens is 4. The summed E-state index contributed by atoms with van der Waals surface area (Å²) < 4.78 is 27.4. The van der Waals surface area contributed by atoms with E-state index in [9.17, 15) is 24.5 Å². The highest BCUT2D eigenvalue weighted by Gasteiger charge is 2.63. The van der Waals surface area contributed by atoms with Crippen LogP contribution in [0.15, 0.2) is 6.33 Å². The van der Waals surface area contributed by atoms with Crippen molar-refractivity contribution in [2.45, 2.75) is 122 Å². The average Bonchev–Trinajstić information content (AvgIpc) is 3.74. The zero-order valence-electron chi connectivity index (χ0n) is 28.2. The van der Waals surface area contributed by atoms with Gasteiger partial charge in [-0.2, -0.15) is 14.4 Å². The largest absolute Gasteiger partial charge is 0.458 e. The molecular formula is C36H50FN5O6. The molecule has 0 radical (unpaired) electrons.